The zero-order valence-corrected chi connectivity index (χ0v) is 17.0. The predicted octanol–water partition coefficient (Wildman–Crippen LogP) is 3.43. The van der Waals surface area contributed by atoms with E-state index in [1.807, 2.05) is 26.0 Å². The standard InChI is InChI=1S/C21H22F3N3O4/c1-13-4-6-17(10-14(13)2)30-12-18(28)25-9-8-15(3)27-20(29)16-5-7-19(26-11-16)31-21(22,23)24/h4-7,10-11H,3,8-9,12H2,1-2H3,(H,25,28)(H,27,29). The van der Waals surface area contributed by atoms with Crippen molar-refractivity contribution >= 4 is 11.8 Å². The molecule has 10 heteroatoms. The van der Waals surface area contributed by atoms with Crippen LogP contribution in [0, 0.1) is 13.8 Å². The Balaban J connectivity index is 1.70. The maximum Gasteiger partial charge on any atom is 0.574 e. The molecule has 0 saturated carbocycles. The maximum absolute atomic E-state index is 12.1. The smallest absolute Gasteiger partial charge is 0.484 e. The molecule has 1 aromatic carbocycles. The van der Waals surface area contributed by atoms with Crippen LogP contribution in [0.25, 0.3) is 0 Å². The van der Waals surface area contributed by atoms with Crippen LogP contribution >= 0.6 is 0 Å². The highest BCUT2D eigenvalue weighted by Crippen LogP contribution is 2.20. The van der Waals surface area contributed by atoms with E-state index in [0.717, 1.165) is 29.5 Å². The van der Waals surface area contributed by atoms with Gasteiger partial charge in [-0.3, -0.25) is 9.59 Å². The van der Waals surface area contributed by atoms with Gasteiger partial charge in [-0.25, -0.2) is 4.98 Å². The van der Waals surface area contributed by atoms with Gasteiger partial charge in [0.2, 0.25) is 5.88 Å². The summed E-state index contributed by atoms with van der Waals surface area (Å²) in [4.78, 5) is 27.4. The van der Waals surface area contributed by atoms with Gasteiger partial charge in [0.15, 0.2) is 6.61 Å². The quantitative estimate of drug-likeness (QED) is 0.628. The number of hydrogen-bond acceptors (Lipinski definition) is 5. The Morgan fingerprint density at radius 1 is 1.13 bits per heavy atom. The average molecular weight is 437 g/mol. The predicted molar refractivity (Wildman–Crippen MR) is 107 cm³/mol. The van der Waals surface area contributed by atoms with Gasteiger partial charge in [-0.1, -0.05) is 12.6 Å². The molecule has 0 radical (unpaired) electrons. The number of hydrogen-bond donors (Lipinski definition) is 2. The van der Waals surface area contributed by atoms with Gasteiger partial charge in [0.05, 0.1) is 5.56 Å². The number of carbonyl (C=O) groups is 2. The summed E-state index contributed by atoms with van der Waals surface area (Å²) < 4.78 is 45.4. The van der Waals surface area contributed by atoms with Gasteiger partial charge >= 0.3 is 6.36 Å². The molecule has 0 aliphatic rings. The number of halogens is 3. The molecule has 166 valence electrons. The largest absolute Gasteiger partial charge is 0.574 e. The lowest BCUT2D eigenvalue weighted by Gasteiger charge is -2.11. The summed E-state index contributed by atoms with van der Waals surface area (Å²) in [5, 5.41) is 5.13. The molecule has 0 saturated heterocycles. The third-order valence-electron chi connectivity index (χ3n) is 4.11. The van der Waals surface area contributed by atoms with E-state index < -0.39 is 18.1 Å². The molecule has 31 heavy (non-hydrogen) atoms. The number of amides is 2. The van der Waals surface area contributed by atoms with Crippen LogP contribution in [0.3, 0.4) is 0 Å². The van der Waals surface area contributed by atoms with Crippen molar-refractivity contribution in [3.8, 4) is 11.6 Å². The van der Waals surface area contributed by atoms with Crippen molar-refractivity contribution in [1.29, 1.82) is 0 Å². The van der Waals surface area contributed by atoms with Gasteiger partial charge in [0, 0.05) is 30.9 Å². The highest BCUT2D eigenvalue weighted by Gasteiger charge is 2.31. The molecular formula is C21H22F3N3O4. The minimum atomic E-state index is -4.86. The second-order valence-corrected chi connectivity index (χ2v) is 6.63. The van der Waals surface area contributed by atoms with E-state index in [1.54, 1.807) is 6.07 Å². The third-order valence-corrected chi connectivity index (χ3v) is 4.11. The summed E-state index contributed by atoms with van der Waals surface area (Å²) in [6.07, 6.45) is -3.65. The molecule has 1 aromatic heterocycles. The Morgan fingerprint density at radius 3 is 2.48 bits per heavy atom. The second-order valence-electron chi connectivity index (χ2n) is 6.63. The first-order valence-corrected chi connectivity index (χ1v) is 9.21. The van der Waals surface area contributed by atoms with Crippen molar-refractivity contribution in [1.82, 2.24) is 15.6 Å². The minimum Gasteiger partial charge on any atom is -0.484 e. The topological polar surface area (TPSA) is 89.6 Å². The molecule has 0 unspecified atom stereocenters. The molecule has 1 heterocycles. The van der Waals surface area contributed by atoms with Crippen LogP contribution in [0.1, 0.15) is 27.9 Å². The van der Waals surface area contributed by atoms with Gasteiger partial charge < -0.3 is 20.1 Å². The lowest BCUT2D eigenvalue weighted by molar-refractivity contribution is -0.276. The molecule has 0 bridgehead atoms. The van der Waals surface area contributed by atoms with Gasteiger partial charge in [-0.15, -0.1) is 13.2 Å². The van der Waals surface area contributed by atoms with Gasteiger partial charge in [-0.2, -0.15) is 0 Å². The lowest BCUT2D eigenvalue weighted by atomic mass is 10.1. The fraction of sp³-hybridized carbons (Fsp3) is 0.286. The zero-order valence-electron chi connectivity index (χ0n) is 17.0. The zero-order chi connectivity index (χ0) is 23.0. The number of nitrogens with one attached hydrogen (secondary N) is 2. The van der Waals surface area contributed by atoms with Crippen molar-refractivity contribution in [3.05, 3.63) is 65.5 Å². The molecule has 2 rings (SSSR count). The summed E-state index contributed by atoms with van der Waals surface area (Å²) in [7, 11) is 0. The van der Waals surface area contributed by atoms with E-state index in [4.69, 9.17) is 4.74 Å². The number of aromatic nitrogens is 1. The molecular weight excluding hydrogens is 415 g/mol. The summed E-state index contributed by atoms with van der Waals surface area (Å²) in [5.41, 5.74) is 2.53. The van der Waals surface area contributed by atoms with Crippen molar-refractivity contribution in [2.45, 2.75) is 26.6 Å². The number of benzene rings is 1. The number of ether oxygens (including phenoxy) is 2. The van der Waals surface area contributed by atoms with Crippen molar-refractivity contribution in [2.24, 2.45) is 0 Å². The Bertz CT molecular complexity index is 944. The highest BCUT2D eigenvalue weighted by molar-refractivity contribution is 5.95. The highest BCUT2D eigenvalue weighted by atomic mass is 19.4. The summed E-state index contributed by atoms with van der Waals surface area (Å²) in [5.74, 6) is -1.01. The molecule has 2 N–H and O–H groups in total. The van der Waals surface area contributed by atoms with Crippen LogP contribution in [-0.2, 0) is 4.79 Å². The number of nitrogens with zero attached hydrogens (tertiary/aromatic N) is 1. The SMILES string of the molecule is C=C(CCNC(=O)COc1ccc(C)c(C)c1)NC(=O)c1ccc(OC(F)(F)F)nc1. The fourth-order valence-corrected chi connectivity index (χ4v) is 2.35. The summed E-state index contributed by atoms with van der Waals surface area (Å²) in [6, 6.07) is 7.60. The lowest BCUT2D eigenvalue weighted by Crippen LogP contribution is -2.31. The Hall–Kier alpha value is -3.56. The summed E-state index contributed by atoms with van der Waals surface area (Å²) >= 11 is 0. The first-order chi connectivity index (χ1) is 14.5. The minimum absolute atomic E-state index is 0.0292. The van der Waals surface area contributed by atoms with Gasteiger partial charge in [0.25, 0.3) is 11.8 Å². The van der Waals surface area contributed by atoms with Crippen molar-refractivity contribution in [3.63, 3.8) is 0 Å². The fourth-order valence-electron chi connectivity index (χ4n) is 2.35. The molecule has 0 aliphatic heterocycles. The average Bonchev–Trinajstić information content (AvgIpc) is 2.68. The van der Waals surface area contributed by atoms with Crippen LogP contribution in [-0.4, -0.2) is 36.3 Å². The number of rotatable bonds is 9. The number of carbonyl (C=O) groups excluding carboxylic acids is 2. The molecule has 2 amide bonds. The van der Waals surface area contributed by atoms with Crippen LogP contribution < -0.4 is 20.1 Å². The van der Waals surface area contributed by atoms with E-state index in [1.165, 1.54) is 0 Å². The van der Waals surface area contributed by atoms with Crippen LogP contribution in [0.4, 0.5) is 13.2 Å². The van der Waals surface area contributed by atoms with Crippen LogP contribution in [0.2, 0.25) is 0 Å². The molecule has 0 fully saturated rings. The molecule has 0 aliphatic carbocycles. The van der Waals surface area contributed by atoms with E-state index >= 15 is 0 Å². The number of aryl methyl sites for hydroxylation is 2. The Labute approximate surface area is 177 Å². The van der Waals surface area contributed by atoms with E-state index in [0.29, 0.717) is 11.4 Å². The molecule has 2 aromatic rings. The van der Waals surface area contributed by atoms with E-state index in [-0.39, 0.29) is 31.0 Å². The number of pyridine rings is 1. The van der Waals surface area contributed by atoms with Crippen molar-refractivity contribution in [2.75, 3.05) is 13.2 Å². The van der Waals surface area contributed by atoms with Crippen molar-refractivity contribution < 1.29 is 32.2 Å². The van der Waals surface area contributed by atoms with Crippen LogP contribution in [0.15, 0.2) is 48.8 Å². The maximum atomic E-state index is 12.1. The molecule has 0 spiro atoms. The summed E-state index contributed by atoms with van der Waals surface area (Å²) in [6.45, 7) is 7.67. The normalized spacial score (nSPS) is 10.9. The number of alkyl halides is 3. The van der Waals surface area contributed by atoms with Gasteiger partial charge in [-0.05, 0) is 43.2 Å². The second kappa shape index (κ2) is 10.5. The first kappa shape index (κ1) is 23.7. The van der Waals surface area contributed by atoms with Gasteiger partial charge in [0.1, 0.15) is 5.75 Å². The van der Waals surface area contributed by atoms with E-state index in [9.17, 15) is 22.8 Å². The van der Waals surface area contributed by atoms with Crippen LogP contribution in [0.5, 0.6) is 11.6 Å². The Kier molecular flexibility index (Phi) is 8.00. The van der Waals surface area contributed by atoms with E-state index in [2.05, 4.69) is 26.9 Å². The Morgan fingerprint density at radius 2 is 1.87 bits per heavy atom. The molecule has 0 atom stereocenters. The monoisotopic (exact) mass is 437 g/mol. The molecule has 7 nitrogen and oxygen atoms in total. The third kappa shape index (κ3) is 8.37. The first-order valence-electron chi connectivity index (χ1n) is 9.21.